The maximum absolute atomic E-state index is 14.2. The molecule has 40 heavy (non-hydrogen) atoms. The molecule has 0 saturated carbocycles. The summed E-state index contributed by atoms with van der Waals surface area (Å²) in [6.07, 6.45) is 0.796. The lowest BCUT2D eigenvalue weighted by molar-refractivity contribution is -0.143. The van der Waals surface area contributed by atoms with Crippen LogP contribution in [0.4, 0.5) is 4.79 Å². The average Bonchev–Trinajstić information content (AvgIpc) is 2.85. The van der Waals surface area contributed by atoms with Crippen molar-refractivity contribution >= 4 is 17.9 Å². The SMILES string of the molecule is CCCC(C)NC(=O)C(c1ccc(O)c(C)c1)N(CCO)C(=O)C(Cc1ccc(O)cc1)NC(=O)OC(C)(C)C. The van der Waals surface area contributed by atoms with Gasteiger partial charge in [0.05, 0.1) is 6.61 Å². The molecule has 0 radical (unpaired) electrons. The van der Waals surface area contributed by atoms with Gasteiger partial charge in [-0.05, 0) is 82.0 Å². The zero-order chi connectivity index (χ0) is 30.0. The Bertz CT molecular complexity index is 1140. The first-order chi connectivity index (χ1) is 18.7. The number of aliphatic hydroxyl groups excluding tert-OH is 1. The predicted molar refractivity (Wildman–Crippen MR) is 152 cm³/mol. The second-order valence-electron chi connectivity index (χ2n) is 11.0. The summed E-state index contributed by atoms with van der Waals surface area (Å²) < 4.78 is 5.40. The molecule has 0 aliphatic heterocycles. The normalized spacial score (nSPS) is 13.6. The Morgan fingerprint density at radius 3 is 2.23 bits per heavy atom. The van der Waals surface area contributed by atoms with Crippen LogP contribution in [0, 0.1) is 6.92 Å². The molecule has 0 fully saturated rings. The van der Waals surface area contributed by atoms with Gasteiger partial charge >= 0.3 is 6.09 Å². The van der Waals surface area contributed by atoms with Gasteiger partial charge < -0.3 is 35.6 Å². The van der Waals surface area contributed by atoms with Crippen molar-refractivity contribution in [2.45, 2.75) is 84.5 Å². The predicted octanol–water partition coefficient (Wildman–Crippen LogP) is 3.71. The van der Waals surface area contributed by atoms with Gasteiger partial charge in [0.25, 0.3) is 0 Å². The number of hydrogen-bond acceptors (Lipinski definition) is 7. The van der Waals surface area contributed by atoms with Gasteiger partial charge in [-0.3, -0.25) is 9.59 Å². The fourth-order valence-electron chi connectivity index (χ4n) is 4.34. The molecule has 0 saturated heterocycles. The van der Waals surface area contributed by atoms with E-state index in [1.54, 1.807) is 52.0 Å². The van der Waals surface area contributed by atoms with Crippen LogP contribution in [0.15, 0.2) is 42.5 Å². The van der Waals surface area contributed by atoms with Crippen LogP contribution >= 0.6 is 0 Å². The Balaban J connectivity index is 2.55. The van der Waals surface area contributed by atoms with E-state index in [2.05, 4.69) is 10.6 Å². The van der Waals surface area contributed by atoms with Crippen molar-refractivity contribution in [1.29, 1.82) is 0 Å². The van der Waals surface area contributed by atoms with Gasteiger partial charge in [0.2, 0.25) is 11.8 Å². The zero-order valence-corrected chi connectivity index (χ0v) is 24.2. The summed E-state index contributed by atoms with van der Waals surface area (Å²) in [4.78, 5) is 41.8. The minimum absolute atomic E-state index is 0.0372. The summed E-state index contributed by atoms with van der Waals surface area (Å²) in [6, 6.07) is 8.36. The Kier molecular flexibility index (Phi) is 11.8. The number of alkyl carbamates (subject to hydrolysis) is 1. The lowest BCUT2D eigenvalue weighted by Gasteiger charge is -2.35. The molecule has 0 aliphatic carbocycles. The van der Waals surface area contributed by atoms with Crippen LogP contribution in [0.1, 0.15) is 70.2 Å². The Hall–Kier alpha value is -3.79. The standard InChI is InChI=1S/C30H43N3O7/c1-7-8-20(3)31-27(37)26(22-11-14-25(36)19(2)17-22)33(15-16-34)28(38)24(32-29(39)40-30(4,5)6)18-21-9-12-23(35)13-10-21/h9-14,17,20,24,26,34-36H,7-8,15-16,18H2,1-6H3,(H,31,37)(H,32,39). The lowest BCUT2D eigenvalue weighted by atomic mass is 9.98. The van der Waals surface area contributed by atoms with E-state index in [1.807, 2.05) is 13.8 Å². The van der Waals surface area contributed by atoms with Crippen LogP contribution in [-0.4, -0.2) is 69.0 Å². The van der Waals surface area contributed by atoms with Crippen LogP contribution in [0.2, 0.25) is 0 Å². The van der Waals surface area contributed by atoms with Crippen molar-refractivity contribution in [3.63, 3.8) is 0 Å². The Morgan fingerprint density at radius 2 is 1.68 bits per heavy atom. The van der Waals surface area contributed by atoms with E-state index in [0.29, 0.717) is 16.7 Å². The molecule has 0 bridgehead atoms. The van der Waals surface area contributed by atoms with Gasteiger partial charge in [-0.1, -0.05) is 31.5 Å². The molecule has 2 aromatic rings. The van der Waals surface area contributed by atoms with E-state index in [-0.39, 0.29) is 30.5 Å². The van der Waals surface area contributed by atoms with E-state index in [1.165, 1.54) is 23.1 Å². The third-order valence-corrected chi connectivity index (χ3v) is 6.20. The minimum Gasteiger partial charge on any atom is -0.508 e. The number of carbonyl (C=O) groups is 3. The molecule has 2 aromatic carbocycles. The summed E-state index contributed by atoms with van der Waals surface area (Å²) in [5.74, 6) is -0.969. The van der Waals surface area contributed by atoms with Crippen LogP contribution in [-0.2, 0) is 20.7 Å². The molecular weight excluding hydrogens is 514 g/mol. The van der Waals surface area contributed by atoms with Crippen LogP contribution < -0.4 is 10.6 Å². The molecule has 10 nitrogen and oxygen atoms in total. The fourth-order valence-corrected chi connectivity index (χ4v) is 4.34. The number of nitrogens with one attached hydrogen (secondary N) is 2. The monoisotopic (exact) mass is 557 g/mol. The van der Waals surface area contributed by atoms with Gasteiger partial charge in [-0.2, -0.15) is 0 Å². The molecule has 0 aliphatic rings. The highest BCUT2D eigenvalue weighted by Gasteiger charge is 2.36. The topological polar surface area (TPSA) is 148 Å². The first-order valence-corrected chi connectivity index (χ1v) is 13.5. The van der Waals surface area contributed by atoms with Gasteiger partial charge in [0, 0.05) is 19.0 Å². The number of ether oxygens (including phenoxy) is 1. The summed E-state index contributed by atoms with van der Waals surface area (Å²) in [5, 5.41) is 35.3. The van der Waals surface area contributed by atoms with Crippen molar-refractivity contribution in [3.8, 4) is 11.5 Å². The summed E-state index contributed by atoms with van der Waals surface area (Å²) in [6.45, 7) is 10.0. The molecule has 10 heteroatoms. The van der Waals surface area contributed by atoms with Crippen LogP contribution in [0.25, 0.3) is 0 Å². The molecule has 2 rings (SSSR count). The third-order valence-electron chi connectivity index (χ3n) is 6.20. The minimum atomic E-state index is -1.16. The van der Waals surface area contributed by atoms with Crippen molar-refractivity contribution < 1.29 is 34.4 Å². The van der Waals surface area contributed by atoms with Crippen LogP contribution in [0.5, 0.6) is 11.5 Å². The maximum atomic E-state index is 14.2. The Morgan fingerprint density at radius 1 is 1.02 bits per heavy atom. The number of nitrogens with zero attached hydrogens (tertiary/aromatic N) is 1. The lowest BCUT2D eigenvalue weighted by Crippen LogP contribution is -2.55. The summed E-state index contributed by atoms with van der Waals surface area (Å²) in [7, 11) is 0. The van der Waals surface area contributed by atoms with Gasteiger partial charge in [-0.15, -0.1) is 0 Å². The van der Waals surface area contributed by atoms with E-state index in [9.17, 15) is 29.7 Å². The smallest absolute Gasteiger partial charge is 0.408 e. The quantitative estimate of drug-likeness (QED) is 0.267. The van der Waals surface area contributed by atoms with Crippen molar-refractivity contribution in [2.75, 3.05) is 13.2 Å². The number of rotatable bonds is 12. The van der Waals surface area contributed by atoms with Crippen molar-refractivity contribution in [2.24, 2.45) is 0 Å². The second kappa shape index (κ2) is 14.6. The molecule has 0 spiro atoms. The highest BCUT2D eigenvalue weighted by atomic mass is 16.6. The van der Waals surface area contributed by atoms with E-state index >= 15 is 0 Å². The van der Waals surface area contributed by atoms with Crippen LogP contribution in [0.3, 0.4) is 0 Å². The number of amides is 3. The number of aromatic hydroxyl groups is 2. The first kappa shape index (κ1) is 32.4. The van der Waals surface area contributed by atoms with E-state index in [4.69, 9.17) is 4.74 Å². The second-order valence-corrected chi connectivity index (χ2v) is 11.0. The molecule has 0 heterocycles. The number of benzene rings is 2. The maximum Gasteiger partial charge on any atom is 0.408 e. The number of phenolic OH excluding ortho intramolecular Hbond substituents is 2. The molecular formula is C30H43N3O7. The summed E-state index contributed by atoms with van der Waals surface area (Å²) in [5.41, 5.74) is 0.788. The zero-order valence-electron chi connectivity index (χ0n) is 24.2. The fraction of sp³-hybridized carbons (Fsp3) is 0.500. The molecule has 3 amide bonds. The highest BCUT2D eigenvalue weighted by Crippen LogP contribution is 2.28. The molecule has 220 valence electrons. The average molecular weight is 558 g/mol. The number of aryl methyl sites for hydroxylation is 1. The highest BCUT2D eigenvalue weighted by molar-refractivity contribution is 5.92. The van der Waals surface area contributed by atoms with E-state index < -0.39 is 42.2 Å². The van der Waals surface area contributed by atoms with Gasteiger partial charge in [0.1, 0.15) is 29.2 Å². The number of carbonyl (C=O) groups excluding carboxylic acids is 3. The van der Waals surface area contributed by atoms with Gasteiger partial charge in [0.15, 0.2) is 0 Å². The van der Waals surface area contributed by atoms with Crippen molar-refractivity contribution in [1.82, 2.24) is 15.5 Å². The molecule has 3 unspecified atom stereocenters. The van der Waals surface area contributed by atoms with E-state index in [0.717, 1.165) is 12.8 Å². The Labute approximate surface area is 236 Å². The summed E-state index contributed by atoms with van der Waals surface area (Å²) >= 11 is 0. The number of phenols is 2. The third kappa shape index (κ3) is 9.75. The molecule has 5 N–H and O–H groups in total. The number of hydrogen-bond donors (Lipinski definition) is 5. The number of aliphatic hydroxyl groups is 1. The van der Waals surface area contributed by atoms with Crippen molar-refractivity contribution in [3.05, 3.63) is 59.2 Å². The largest absolute Gasteiger partial charge is 0.508 e. The van der Waals surface area contributed by atoms with Gasteiger partial charge in [-0.25, -0.2) is 4.79 Å². The molecule has 3 atom stereocenters. The molecule has 0 aromatic heterocycles. The first-order valence-electron chi connectivity index (χ1n) is 13.5.